The van der Waals surface area contributed by atoms with Crippen LogP contribution in [0.4, 0.5) is 5.95 Å². The Bertz CT molecular complexity index is 1540. The molecule has 11 heteroatoms. The van der Waals surface area contributed by atoms with Crippen molar-refractivity contribution in [2.75, 3.05) is 18.0 Å². The number of halogens is 2. The lowest BCUT2D eigenvalue weighted by Gasteiger charge is -2.15. The van der Waals surface area contributed by atoms with Crippen molar-refractivity contribution in [3.05, 3.63) is 69.7 Å². The minimum atomic E-state index is -0.975. The van der Waals surface area contributed by atoms with Crippen LogP contribution in [0.3, 0.4) is 0 Å². The number of aromatic carboxylic acids is 1. The van der Waals surface area contributed by atoms with Crippen LogP contribution in [0.25, 0.3) is 28.8 Å². The first kappa shape index (κ1) is 23.4. The number of piperidine rings is 1. The van der Waals surface area contributed by atoms with Gasteiger partial charge in [-0.15, -0.1) is 0 Å². The number of carbonyl (C=O) groups is 1. The number of benzene rings is 1. The molecule has 2 aliphatic carbocycles. The Hall–Kier alpha value is -3.69. The summed E-state index contributed by atoms with van der Waals surface area (Å²) >= 11 is 12.9. The van der Waals surface area contributed by atoms with Gasteiger partial charge >= 0.3 is 5.97 Å². The van der Waals surface area contributed by atoms with E-state index in [-0.39, 0.29) is 5.56 Å². The van der Waals surface area contributed by atoms with E-state index in [4.69, 9.17) is 37.4 Å². The Kier molecular flexibility index (Phi) is 5.52. The maximum absolute atomic E-state index is 11.1. The Labute approximate surface area is 227 Å². The largest absolute Gasteiger partial charge is 0.478 e. The van der Waals surface area contributed by atoms with Crippen molar-refractivity contribution in [1.29, 1.82) is 0 Å². The van der Waals surface area contributed by atoms with Gasteiger partial charge in [0.25, 0.3) is 11.8 Å². The smallest absolute Gasteiger partial charge is 0.335 e. The summed E-state index contributed by atoms with van der Waals surface area (Å²) in [4.78, 5) is 21.8. The minimum absolute atomic E-state index is 0.210. The van der Waals surface area contributed by atoms with E-state index in [0.29, 0.717) is 62.4 Å². The molecule has 3 aliphatic rings. The van der Waals surface area contributed by atoms with Crippen molar-refractivity contribution in [2.45, 2.75) is 18.8 Å². The van der Waals surface area contributed by atoms with Crippen molar-refractivity contribution in [1.82, 2.24) is 20.3 Å². The zero-order chi connectivity index (χ0) is 26.0. The van der Waals surface area contributed by atoms with Crippen LogP contribution in [0.5, 0.6) is 0 Å². The number of rotatable bonds is 7. The average Bonchev–Trinajstić information content (AvgIpc) is 3.64. The third kappa shape index (κ3) is 4.06. The lowest BCUT2D eigenvalue weighted by molar-refractivity contribution is 0.0697. The second kappa shape index (κ2) is 8.96. The van der Waals surface area contributed by atoms with E-state index in [9.17, 15) is 4.79 Å². The van der Waals surface area contributed by atoms with Crippen molar-refractivity contribution < 1.29 is 18.9 Å². The number of anilines is 1. The Morgan fingerprint density at radius 2 is 1.74 bits per heavy atom. The van der Waals surface area contributed by atoms with Crippen LogP contribution in [0.1, 0.15) is 40.4 Å². The molecular weight excluding hydrogens is 529 g/mol. The fraction of sp³-hybridized carbons (Fsp3) is 0.296. The molecule has 38 heavy (non-hydrogen) atoms. The number of carboxylic acids is 1. The van der Waals surface area contributed by atoms with Gasteiger partial charge in [0.05, 0.1) is 15.6 Å². The first-order valence-electron chi connectivity index (χ1n) is 12.4. The number of aromatic nitrogens is 4. The lowest BCUT2D eigenvalue weighted by Crippen LogP contribution is -2.24. The van der Waals surface area contributed by atoms with E-state index in [0.717, 1.165) is 37.3 Å². The van der Waals surface area contributed by atoms with Gasteiger partial charge in [0.1, 0.15) is 11.5 Å². The van der Waals surface area contributed by atoms with E-state index >= 15 is 0 Å². The number of allylic oxidation sites excluding steroid dienone is 1. The third-order valence-electron chi connectivity index (χ3n) is 7.62. The normalized spacial score (nSPS) is 22.3. The van der Waals surface area contributed by atoms with Gasteiger partial charge in [-0.3, -0.25) is 4.98 Å². The first-order valence-corrected chi connectivity index (χ1v) is 13.1. The number of pyridine rings is 1. The van der Waals surface area contributed by atoms with Gasteiger partial charge in [0.15, 0.2) is 0 Å². The van der Waals surface area contributed by atoms with E-state index < -0.39 is 5.97 Å². The molecule has 1 aromatic carbocycles. The summed E-state index contributed by atoms with van der Waals surface area (Å²) in [6.07, 6.45) is 9.68. The van der Waals surface area contributed by atoms with Crippen LogP contribution >= 0.6 is 23.2 Å². The summed E-state index contributed by atoms with van der Waals surface area (Å²) < 4.78 is 11.2. The van der Waals surface area contributed by atoms with Crippen LogP contribution in [0.15, 0.2) is 51.8 Å². The van der Waals surface area contributed by atoms with Crippen LogP contribution in [0.2, 0.25) is 10.0 Å². The van der Waals surface area contributed by atoms with Crippen molar-refractivity contribution in [2.24, 2.45) is 17.8 Å². The summed E-state index contributed by atoms with van der Waals surface area (Å²) in [5.41, 5.74) is 3.14. The number of carboxylic acid groups (broad SMARTS) is 1. The van der Waals surface area contributed by atoms with Crippen LogP contribution in [-0.4, -0.2) is 44.4 Å². The highest BCUT2D eigenvalue weighted by Gasteiger charge is 2.55. The molecular formula is C27H21Cl2N5O4. The van der Waals surface area contributed by atoms with E-state index in [2.05, 4.69) is 37.3 Å². The number of hydrogen-bond acceptors (Lipinski definition) is 8. The molecule has 0 bridgehead atoms. The Balaban J connectivity index is 1.06. The van der Waals surface area contributed by atoms with Crippen molar-refractivity contribution in [3.63, 3.8) is 0 Å². The van der Waals surface area contributed by atoms with Gasteiger partial charge in [-0.1, -0.05) is 40.5 Å². The molecule has 1 aliphatic heterocycles. The monoisotopic (exact) mass is 549 g/mol. The van der Waals surface area contributed by atoms with E-state index in [1.807, 2.05) is 0 Å². The highest BCUT2D eigenvalue weighted by molar-refractivity contribution is 6.39. The van der Waals surface area contributed by atoms with Crippen LogP contribution in [-0.2, 0) is 0 Å². The van der Waals surface area contributed by atoms with Crippen LogP contribution in [0, 0.1) is 17.8 Å². The van der Waals surface area contributed by atoms with Gasteiger partial charge in [0.2, 0.25) is 0 Å². The first-order chi connectivity index (χ1) is 18.5. The van der Waals surface area contributed by atoms with Gasteiger partial charge in [-0.25, -0.2) is 4.79 Å². The molecule has 1 saturated heterocycles. The maximum atomic E-state index is 11.1. The second-order valence-electron chi connectivity index (χ2n) is 10.0. The molecule has 0 amide bonds. The minimum Gasteiger partial charge on any atom is -0.478 e. The SMILES string of the molecule is O=C(O)c1ccc(-c2nc(N3CC4C(/C=C/c5c(-c6c(Cl)cncc6Cl)noc5C5CC5)C4C3)no2)cc1. The number of nitrogens with zero attached hydrogens (tertiary/aromatic N) is 5. The predicted molar refractivity (Wildman–Crippen MR) is 140 cm³/mol. The fourth-order valence-corrected chi connectivity index (χ4v) is 5.92. The molecule has 9 nitrogen and oxygen atoms in total. The summed E-state index contributed by atoms with van der Waals surface area (Å²) in [7, 11) is 0. The fourth-order valence-electron chi connectivity index (χ4n) is 5.37. The summed E-state index contributed by atoms with van der Waals surface area (Å²) in [5.74, 6) is 2.68. The number of hydrogen-bond donors (Lipinski definition) is 1. The van der Waals surface area contributed by atoms with Crippen LogP contribution < -0.4 is 4.90 Å². The quantitative estimate of drug-likeness (QED) is 0.293. The van der Waals surface area contributed by atoms with Gasteiger partial charge in [0, 0.05) is 48.1 Å². The highest BCUT2D eigenvalue weighted by atomic mass is 35.5. The topological polar surface area (TPSA) is 118 Å². The summed E-state index contributed by atoms with van der Waals surface area (Å²) in [6.45, 7) is 1.68. The molecule has 2 atom stereocenters. The van der Waals surface area contributed by atoms with Gasteiger partial charge in [-0.05, 0) is 60.0 Å². The molecule has 0 spiro atoms. The van der Waals surface area contributed by atoms with Gasteiger partial charge in [-0.2, -0.15) is 4.98 Å². The standard InChI is InChI=1S/C27H21Cl2N5O4/c28-20-9-30-10-21(29)22(20)23-17(24(37-32-23)13-1-2-13)8-7-16-18-11-34(12-19(16)18)27-31-25(38-33-27)14-3-5-15(6-4-14)26(35)36/h3-10,13,16,18-19H,1-2,11-12H2,(H,35,36)/b8-7+. The van der Waals surface area contributed by atoms with E-state index in [1.54, 1.807) is 24.5 Å². The molecule has 2 unspecified atom stereocenters. The average molecular weight is 550 g/mol. The molecule has 0 radical (unpaired) electrons. The molecule has 4 aromatic rings. The Morgan fingerprint density at radius 1 is 1.03 bits per heavy atom. The lowest BCUT2D eigenvalue weighted by atomic mass is 10.0. The molecule has 192 valence electrons. The molecule has 2 saturated carbocycles. The molecule has 3 aromatic heterocycles. The summed E-state index contributed by atoms with van der Waals surface area (Å²) in [6, 6.07) is 6.39. The van der Waals surface area contributed by atoms with Crippen molar-refractivity contribution >= 4 is 41.2 Å². The molecule has 4 heterocycles. The molecule has 1 N–H and O–H groups in total. The second-order valence-corrected chi connectivity index (χ2v) is 10.8. The zero-order valence-corrected chi connectivity index (χ0v) is 21.4. The Morgan fingerprint density at radius 3 is 2.39 bits per heavy atom. The highest BCUT2D eigenvalue weighted by Crippen LogP contribution is 2.54. The third-order valence-corrected chi connectivity index (χ3v) is 8.19. The predicted octanol–water partition coefficient (Wildman–Crippen LogP) is 6.06. The maximum Gasteiger partial charge on any atom is 0.335 e. The summed E-state index contributed by atoms with van der Waals surface area (Å²) in [5, 5.41) is 18.5. The van der Waals surface area contributed by atoms with Crippen molar-refractivity contribution in [3.8, 4) is 22.7 Å². The van der Waals surface area contributed by atoms with E-state index in [1.165, 1.54) is 12.1 Å². The zero-order valence-electron chi connectivity index (χ0n) is 19.9. The van der Waals surface area contributed by atoms with Gasteiger partial charge < -0.3 is 19.1 Å². The number of fused-ring (bicyclic) bond motifs is 1. The molecule has 7 rings (SSSR count). The molecule has 3 fully saturated rings.